The fourth-order valence-electron chi connectivity index (χ4n) is 2.18. The maximum Gasteiger partial charge on any atom is 0.130 e. The van der Waals surface area contributed by atoms with Crippen LogP contribution in [0.5, 0.6) is 0 Å². The zero-order chi connectivity index (χ0) is 8.72. The molecular formula is C10H16N2. The quantitative estimate of drug-likeness (QED) is 0.524. The van der Waals surface area contributed by atoms with Gasteiger partial charge in [0.15, 0.2) is 0 Å². The summed E-state index contributed by atoms with van der Waals surface area (Å²) < 4.78 is 0. The largest absolute Gasteiger partial charge is 0.265 e. The molecule has 0 aromatic rings. The van der Waals surface area contributed by atoms with E-state index in [1.807, 2.05) is 0 Å². The summed E-state index contributed by atoms with van der Waals surface area (Å²) in [5.41, 5.74) is 2.58. The van der Waals surface area contributed by atoms with Crippen LogP contribution >= 0.6 is 0 Å². The Balaban J connectivity index is 2.28. The van der Waals surface area contributed by atoms with Gasteiger partial charge in [-0.2, -0.15) is 0 Å². The predicted octanol–water partition coefficient (Wildman–Crippen LogP) is 2.15. The van der Waals surface area contributed by atoms with E-state index in [1.54, 1.807) is 0 Å². The zero-order valence-electron chi connectivity index (χ0n) is 8.04. The first-order valence-electron chi connectivity index (χ1n) is 4.78. The van der Waals surface area contributed by atoms with Gasteiger partial charge < -0.3 is 0 Å². The van der Waals surface area contributed by atoms with Crippen molar-refractivity contribution < 1.29 is 0 Å². The molecule has 66 valence electrons. The van der Waals surface area contributed by atoms with Gasteiger partial charge in [0.1, 0.15) is 6.67 Å². The molecule has 0 N–H and O–H groups in total. The van der Waals surface area contributed by atoms with Gasteiger partial charge in [0.25, 0.3) is 0 Å². The van der Waals surface area contributed by atoms with E-state index in [4.69, 9.17) is 0 Å². The van der Waals surface area contributed by atoms with Crippen LogP contribution in [0.1, 0.15) is 27.2 Å². The molecule has 3 atom stereocenters. The lowest BCUT2D eigenvalue weighted by molar-refractivity contribution is 0.333. The second kappa shape index (κ2) is 2.68. The number of rotatable bonds is 0. The Hall–Kier alpha value is -0.660. The minimum Gasteiger partial charge on any atom is -0.265 e. The molecule has 3 unspecified atom stereocenters. The molecule has 0 aromatic heterocycles. The van der Waals surface area contributed by atoms with Crippen LogP contribution in [0.3, 0.4) is 0 Å². The highest BCUT2D eigenvalue weighted by Crippen LogP contribution is 2.32. The topological polar surface area (TPSA) is 24.7 Å². The van der Waals surface area contributed by atoms with Crippen LogP contribution in [0, 0.1) is 17.8 Å². The summed E-state index contributed by atoms with van der Waals surface area (Å²) in [4.78, 5) is 8.84. The molecule has 1 aliphatic carbocycles. The lowest BCUT2D eigenvalue weighted by atomic mass is 9.73. The van der Waals surface area contributed by atoms with Crippen molar-refractivity contribution in [3.63, 3.8) is 0 Å². The Kier molecular flexibility index (Phi) is 1.78. The lowest BCUT2D eigenvalue weighted by Gasteiger charge is -2.32. The van der Waals surface area contributed by atoms with Crippen molar-refractivity contribution in [2.24, 2.45) is 27.7 Å². The van der Waals surface area contributed by atoms with Gasteiger partial charge in [-0.15, -0.1) is 0 Å². The molecule has 1 saturated carbocycles. The second-order valence-electron chi connectivity index (χ2n) is 4.12. The van der Waals surface area contributed by atoms with E-state index in [2.05, 4.69) is 30.8 Å². The van der Waals surface area contributed by atoms with Crippen LogP contribution < -0.4 is 0 Å². The molecule has 0 saturated heterocycles. The Morgan fingerprint density at radius 2 is 1.92 bits per heavy atom. The van der Waals surface area contributed by atoms with E-state index >= 15 is 0 Å². The first kappa shape index (κ1) is 7.96. The third-order valence-electron chi connectivity index (χ3n) is 3.43. The predicted molar refractivity (Wildman–Crippen MR) is 51.8 cm³/mol. The van der Waals surface area contributed by atoms with Crippen molar-refractivity contribution in [2.45, 2.75) is 27.2 Å². The Bertz CT molecular complexity index is 253. The molecule has 0 amide bonds. The van der Waals surface area contributed by atoms with E-state index in [9.17, 15) is 0 Å². The minimum absolute atomic E-state index is 0.620. The van der Waals surface area contributed by atoms with Crippen LogP contribution in [0.15, 0.2) is 9.98 Å². The van der Waals surface area contributed by atoms with Gasteiger partial charge in [0, 0.05) is 5.92 Å². The van der Waals surface area contributed by atoms with E-state index in [0.29, 0.717) is 12.6 Å². The van der Waals surface area contributed by atoms with E-state index < -0.39 is 0 Å². The Morgan fingerprint density at radius 3 is 2.67 bits per heavy atom. The Labute approximate surface area is 73.8 Å². The number of aliphatic imine (C=N–C) groups is 2. The summed E-state index contributed by atoms with van der Waals surface area (Å²) in [7, 11) is 0. The third-order valence-corrected chi connectivity index (χ3v) is 3.43. The SMILES string of the molecule is CC1CC2=NCN=C2C(C)C1C. The van der Waals surface area contributed by atoms with Crippen LogP contribution in [-0.2, 0) is 0 Å². The highest BCUT2D eigenvalue weighted by molar-refractivity contribution is 6.44. The molecule has 1 aliphatic heterocycles. The van der Waals surface area contributed by atoms with Gasteiger partial charge in [0.05, 0.1) is 11.4 Å². The third kappa shape index (κ3) is 1.01. The first-order valence-corrected chi connectivity index (χ1v) is 4.78. The summed E-state index contributed by atoms with van der Waals surface area (Å²) >= 11 is 0. The van der Waals surface area contributed by atoms with Crippen molar-refractivity contribution >= 4 is 11.4 Å². The fraction of sp³-hybridized carbons (Fsp3) is 0.800. The zero-order valence-corrected chi connectivity index (χ0v) is 8.04. The van der Waals surface area contributed by atoms with Gasteiger partial charge in [-0.3, -0.25) is 9.98 Å². The molecule has 12 heavy (non-hydrogen) atoms. The normalized spacial score (nSPS) is 40.4. The van der Waals surface area contributed by atoms with Crippen molar-refractivity contribution in [1.29, 1.82) is 0 Å². The van der Waals surface area contributed by atoms with Crippen molar-refractivity contribution in [2.75, 3.05) is 6.67 Å². The molecule has 0 spiro atoms. The van der Waals surface area contributed by atoms with Crippen LogP contribution in [0.4, 0.5) is 0 Å². The lowest BCUT2D eigenvalue weighted by Crippen LogP contribution is -2.36. The average molecular weight is 164 g/mol. The molecule has 1 heterocycles. The van der Waals surface area contributed by atoms with E-state index in [0.717, 1.165) is 18.3 Å². The first-order chi connectivity index (χ1) is 5.70. The van der Waals surface area contributed by atoms with Crippen LogP contribution in [0.2, 0.25) is 0 Å². The van der Waals surface area contributed by atoms with Crippen molar-refractivity contribution in [3.05, 3.63) is 0 Å². The van der Waals surface area contributed by atoms with Crippen molar-refractivity contribution in [3.8, 4) is 0 Å². The van der Waals surface area contributed by atoms with E-state index in [-0.39, 0.29) is 0 Å². The summed E-state index contributed by atoms with van der Waals surface area (Å²) in [6, 6.07) is 0. The fourth-order valence-corrected chi connectivity index (χ4v) is 2.18. The molecule has 1 fully saturated rings. The highest BCUT2D eigenvalue weighted by Gasteiger charge is 2.34. The Morgan fingerprint density at radius 1 is 1.17 bits per heavy atom. The molecule has 2 rings (SSSR count). The molecule has 2 heteroatoms. The number of hydrogen-bond donors (Lipinski definition) is 0. The van der Waals surface area contributed by atoms with Crippen LogP contribution in [-0.4, -0.2) is 18.1 Å². The standard InChI is InChI=1S/C10H16N2/c1-6-4-9-10(12-5-11-9)8(3)7(6)2/h6-8H,4-5H2,1-3H3. The highest BCUT2D eigenvalue weighted by atomic mass is 15.0. The van der Waals surface area contributed by atoms with Gasteiger partial charge in [0.2, 0.25) is 0 Å². The number of fused-ring (bicyclic) bond motifs is 1. The summed E-state index contributed by atoms with van der Waals surface area (Å²) in [6.07, 6.45) is 1.14. The van der Waals surface area contributed by atoms with Gasteiger partial charge in [-0.1, -0.05) is 20.8 Å². The minimum atomic E-state index is 0.620. The smallest absolute Gasteiger partial charge is 0.130 e. The van der Waals surface area contributed by atoms with E-state index in [1.165, 1.54) is 11.4 Å². The van der Waals surface area contributed by atoms with Gasteiger partial charge in [-0.25, -0.2) is 0 Å². The molecule has 0 bridgehead atoms. The summed E-state index contributed by atoms with van der Waals surface area (Å²) in [5, 5.41) is 0. The van der Waals surface area contributed by atoms with Gasteiger partial charge >= 0.3 is 0 Å². The molecule has 2 nitrogen and oxygen atoms in total. The maximum absolute atomic E-state index is 4.44. The number of hydrogen-bond acceptors (Lipinski definition) is 2. The van der Waals surface area contributed by atoms with Crippen LogP contribution in [0.25, 0.3) is 0 Å². The number of nitrogens with zero attached hydrogens (tertiary/aromatic N) is 2. The van der Waals surface area contributed by atoms with Gasteiger partial charge in [-0.05, 0) is 18.3 Å². The second-order valence-corrected chi connectivity index (χ2v) is 4.12. The van der Waals surface area contributed by atoms with Crippen molar-refractivity contribution in [1.82, 2.24) is 0 Å². The maximum atomic E-state index is 4.44. The average Bonchev–Trinajstić information content (AvgIpc) is 2.48. The molecule has 0 radical (unpaired) electrons. The summed E-state index contributed by atoms with van der Waals surface area (Å²) in [5.74, 6) is 2.16. The monoisotopic (exact) mass is 164 g/mol. The molecule has 2 aliphatic rings. The molecule has 0 aromatic carbocycles. The summed E-state index contributed by atoms with van der Waals surface area (Å²) in [6.45, 7) is 7.61. The molecular weight excluding hydrogens is 148 g/mol.